The molecule has 3 aromatic rings. The van der Waals surface area contributed by atoms with E-state index in [2.05, 4.69) is 4.98 Å². The topological polar surface area (TPSA) is 53.4 Å². The molecule has 0 saturated heterocycles. The quantitative estimate of drug-likeness (QED) is 0.664. The Kier molecular flexibility index (Phi) is 4.51. The van der Waals surface area contributed by atoms with Crippen molar-refractivity contribution in [3.63, 3.8) is 0 Å². The number of methoxy groups -OCH3 is 1. The molecule has 0 aliphatic heterocycles. The van der Waals surface area contributed by atoms with E-state index >= 15 is 0 Å². The highest BCUT2D eigenvalue weighted by atomic mass is 16.5. The standard InChI is InChI=1S/C19H20N2O3/c1-4-6-18(22)24-19-13(2)21(14-7-5-10-20-12-14)17-9-8-15(23-3)11-16(17)19/h5,7-12H,4,6H2,1-3H3. The monoisotopic (exact) mass is 324 g/mol. The van der Waals surface area contributed by atoms with Gasteiger partial charge in [-0.2, -0.15) is 0 Å². The van der Waals surface area contributed by atoms with Crippen LogP contribution in [0.15, 0.2) is 42.7 Å². The third kappa shape index (κ3) is 2.85. The van der Waals surface area contributed by atoms with Crippen molar-refractivity contribution in [3.05, 3.63) is 48.4 Å². The van der Waals surface area contributed by atoms with E-state index in [4.69, 9.17) is 9.47 Å². The molecule has 2 heterocycles. The average Bonchev–Trinajstić information content (AvgIpc) is 2.87. The summed E-state index contributed by atoms with van der Waals surface area (Å²) in [5.41, 5.74) is 2.72. The van der Waals surface area contributed by atoms with Crippen molar-refractivity contribution in [1.82, 2.24) is 9.55 Å². The summed E-state index contributed by atoms with van der Waals surface area (Å²) in [6, 6.07) is 9.61. The van der Waals surface area contributed by atoms with Crippen LogP contribution < -0.4 is 9.47 Å². The molecule has 0 unspecified atom stereocenters. The summed E-state index contributed by atoms with van der Waals surface area (Å²) in [6.07, 6.45) is 4.66. The number of hydrogen-bond donors (Lipinski definition) is 0. The Morgan fingerprint density at radius 1 is 1.29 bits per heavy atom. The van der Waals surface area contributed by atoms with Crippen molar-refractivity contribution < 1.29 is 14.3 Å². The Balaban J connectivity index is 2.22. The van der Waals surface area contributed by atoms with Gasteiger partial charge in [0, 0.05) is 18.0 Å². The van der Waals surface area contributed by atoms with Crippen LogP contribution in [0.25, 0.3) is 16.6 Å². The maximum atomic E-state index is 12.0. The van der Waals surface area contributed by atoms with Crippen LogP contribution in [0.2, 0.25) is 0 Å². The lowest BCUT2D eigenvalue weighted by molar-refractivity contribution is -0.134. The highest BCUT2D eigenvalue weighted by molar-refractivity contribution is 5.93. The van der Waals surface area contributed by atoms with Gasteiger partial charge in [0.15, 0.2) is 5.75 Å². The number of hydrogen-bond acceptors (Lipinski definition) is 4. The first-order valence-corrected chi connectivity index (χ1v) is 7.95. The fourth-order valence-corrected chi connectivity index (χ4v) is 2.81. The van der Waals surface area contributed by atoms with Gasteiger partial charge < -0.3 is 14.0 Å². The highest BCUT2D eigenvalue weighted by Crippen LogP contribution is 2.37. The van der Waals surface area contributed by atoms with Crippen LogP contribution in [0, 0.1) is 6.92 Å². The molecule has 0 N–H and O–H groups in total. The normalized spacial score (nSPS) is 10.8. The van der Waals surface area contributed by atoms with Crippen LogP contribution in [0.5, 0.6) is 11.5 Å². The molecule has 0 aliphatic carbocycles. The Morgan fingerprint density at radius 2 is 2.12 bits per heavy atom. The van der Waals surface area contributed by atoms with Crippen LogP contribution in [-0.4, -0.2) is 22.6 Å². The molecule has 0 radical (unpaired) electrons. The Morgan fingerprint density at radius 3 is 2.79 bits per heavy atom. The number of ether oxygens (including phenoxy) is 2. The van der Waals surface area contributed by atoms with Gasteiger partial charge in [0.2, 0.25) is 0 Å². The first-order valence-electron chi connectivity index (χ1n) is 7.95. The third-order valence-electron chi connectivity index (χ3n) is 3.93. The molecular weight excluding hydrogens is 304 g/mol. The van der Waals surface area contributed by atoms with Crippen LogP contribution in [0.3, 0.4) is 0 Å². The summed E-state index contributed by atoms with van der Waals surface area (Å²) in [6.45, 7) is 3.89. The van der Waals surface area contributed by atoms with Gasteiger partial charge in [0.05, 0.1) is 30.2 Å². The number of rotatable bonds is 5. The summed E-state index contributed by atoms with van der Waals surface area (Å²) in [5.74, 6) is 1.07. The molecule has 5 nitrogen and oxygen atoms in total. The molecule has 0 saturated carbocycles. The minimum absolute atomic E-state index is 0.228. The maximum absolute atomic E-state index is 12.0. The van der Waals surface area contributed by atoms with Crippen LogP contribution >= 0.6 is 0 Å². The lowest BCUT2D eigenvalue weighted by atomic mass is 10.2. The van der Waals surface area contributed by atoms with Crippen molar-refractivity contribution in [2.24, 2.45) is 0 Å². The molecule has 0 spiro atoms. The van der Waals surface area contributed by atoms with E-state index in [1.165, 1.54) is 0 Å². The van der Waals surface area contributed by atoms with Gasteiger partial charge in [-0.3, -0.25) is 9.78 Å². The summed E-state index contributed by atoms with van der Waals surface area (Å²) >= 11 is 0. The third-order valence-corrected chi connectivity index (χ3v) is 3.93. The fourth-order valence-electron chi connectivity index (χ4n) is 2.81. The van der Waals surface area contributed by atoms with Crippen molar-refractivity contribution in [2.75, 3.05) is 7.11 Å². The predicted octanol–water partition coefficient (Wildman–Crippen LogP) is 4.05. The maximum Gasteiger partial charge on any atom is 0.311 e. The molecule has 3 rings (SSSR count). The van der Waals surface area contributed by atoms with Crippen LogP contribution in [0.1, 0.15) is 25.5 Å². The lowest BCUT2D eigenvalue weighted by Gasteiger charge is -2.08. The summed E-state index contributed by atoms with van der Waals surface area (Å²) < 4.78 is 13.0. The van der Waals surface area contributed by atoms with Crippen molar-refractivity contribution in [3.8, 4) is 17.2 Å². The highest BCUT2D eigenvalue weighted by Gasteiger charge is 2.19. The summed E-state index contributed by atoms with van der Waals surface area (Å²) in [5, 5.41) is 0.847. The number of carbonyl (C=O) groups is 1. The zero-order chi connectivity index (χ0) is 17.1. The van der Waals surface area contributed by atoms with E-state index in [9.17, 15) is 4.79 Å². The molecular formula is C19H20N2O3. The lowest BCUT2D eigenvalue weighted by Crippen LogP contribution is -2.08. The van der Waals surface area contributed by atoms with Gasteiger partial charge in [-0.15, -0.1) is 0 Å². The number of nitrogens with zero attached hydrogens (tertiary/aromatic N) is 2. The van der Waals surface area contributed by atoms with E-state index in [1.54, 1.807) is 19.5 Å². The molecule has 2 aromatic heterocycles. The Labute approximate surface area is 140 Å². The van der Waals surface area contributed by atoms with Gasteiger partial charge >= 0.3 is 5.97 Å². The second-order valence-corrected chi connectivity index (χ2v) is 5.57. The number of esters is 1. The SMILES string of the molecule is CCCC(=O)Oc1c(C)n(-c2cccnc2)c2ccc(OC)cc12. The van der Waals surface area contributed by atoms with Crippen molar-refractivity contribution >= 4 is 16.9 Å². The zero-order valence-electron chi connectivity index (χ0n) is 14.1. The Hall–Kier alpha value is -2.82. The van der Waals surface area contributed by atoms with Crippen LogP contribution in [0.4, 0.5) is 0 Å². The number of aromatic nitrogens is 2. The van der Waals surface area contributed by atoms with Crippen molar-refractivity contribution in [2.45, 2.75) is 26.7 Å². The molecule has 1 aromatic carbocycles. The van der Waals surface area contributed by atoms with Gasteiger partial charge in [0.1, 0.15) is 5.75 Å². The number of pyridine rings is 1. The first-order chi connectivity index (χ1) is 11.7. The molecule has 0 fully saturated rings. The fraction of sp³-hybridized carbons (Fsp3) is 0.263. The minimum Gasteiger partial charge on any atom is -0.497 e. The van der Waals surface area contributed by atoms with Gasteiger partial charge in [0.25, 0.3) is 0 Å². The Bertz CT molecular complexity index is 869. The van der Waals surface area contributed by atoms with Crippen LogP contribution in [-0.2, 0) is 4.79 Å². The molecule has 124 valence electrons. The van der Waals surface area contributed by atoms with Gasteiger partial charge in [-0.25, -0.2) is 0 Å². The number of fused-ring (bicyclic) bond motifs is 1. The number of benzene rings is 1. The second kappa shape index (κ2) is 6.74. The molecule has 0 bridgehead atoms. The summed E-state index contributed by atoms with van der Waals surface area (Å²) in [7, 11) is 1.62. The zero-order valence-corrected chi connectivity index (χ0v) is 14.1. The first kappa shape index (κ1) is 16.1. The second-order valence-electron chi connectivity index (χ2n) is 5.57. The van der Waals surface area contributed by atoms with E-state index < -0.39 is 0 Å². The predicted molar refractivity (Wildman–Crippen MR) is 92.9 cm³/mol. The molecule has 0 amide bonds. The van der Waals surface area contributed by atoms with E-state index in [-0.39, 0.29) is 5.97 Å². The summed E-state index contributed by atoms with van der Waals surface area (Å²) in [4.78, 5) is 16.2. The average molecular weight is 324 g/mol. The number of carbonyl (C=O) groups excluding carboxylic acids is 1. The molecule has 24 heavy (non-hydrogen) atoms. The minimum atomic E-state index is -0.228. The van der Waals surface area contributed by atoms with E-state index in [0.717, 1.165) is 34.5 Å². The van der Waals surface area contributed by atoms with E-state index in [1.807, 2.05) is 48.7 Å². The van der Waals surface area contributed by atoms with E-state index in [0.29, 0.717) is 12.2 Å². The smallest absolute Gasteiger partial charge is 0.311 e. The molecule has 0 atom stereocenters. The van der Waals surface area contributed by atoms with Gasteiger partial charge in [-0.1, -0.05) is 6.92 Å². The largest absolute Gasteiger partial charge is 0.497 e. The molecule has 5 heteroatoms. The molecule has 0 aliphatic rings. The van der Waals surface area contributed by atoms with Gasteiger partial charge in [-0.05, 0) is 43.7 Å². The van der Waals surface area contributed by atoms with Crippen molar-refractivity contribution in [1.29, 1.82) is 0 Å².